The largest absolute Gasteiger partial charge is 0.465 e. The number of thiazole rings is 2. The van der Waals surface area contributed by atoms with Crippen molar-refractivity contribution in [2.24, 2.45) is 0 Å². The first kappa shape index (κ1) is 13.7. The highest BCUT2D eigenvalue weighted by molar-refractivity contribution is 7.12. The third kappa shape index (κ3) is 2.62. The molecule has 0 N–H and O–H groups in total. The molecule has 106 valence electrons. The van der Waals surface area contributed by atoms with E-state index in [0.717, 1.165) is 40.7 Å². The lowest BCUT2D eigenvalue weighted by Crippen LogP contribution is -2.14. The van der Waals surface area contributed by atoms with Crippen LogP contribution in [0.25, 0.3) is 0 Å². The van der Waals surface area contributed by atoms with Crippen LogP contribution in [-0.2, 0) is 22.4 Å². The topological polar surface area (TPSA) is 52.1 Å². The summed E-state index contributed by atoms with van der Waals surface area (Å²) in [6, 6.07) is 0. The second-order valence-electron chi connectivity index (χ2n) is 4.79. The fraction of sp³-hybridized carbons (Fsp3) is 0.500. The molecule has 1 atom stereocenters. The van der Waals surface area contributed by atoms with Crippen LogP contribution in [0.4, 0.5) is 0 Å². The molecule has 0 spiro atoms. The molecule has 20 heavy (non-hydrogen) atoms. The Hall–Kier alpha value is -1.27. The average molecular weight is 308 g/mol. The molecule has 0 bridgehead atoms. The molecule has 2 aromatic heterocycles. The summed E-state index contributed by atoms with van der Waals surface area (Å²) < 4.78 is 5.13. The summed E-state index contributed by atoms with van der Waals surface area (Å²) in [5, 5.41) is 4.20. The smallest absolute Gasteiger partial charge is 0.315 e. The van der Waals surface area contributed by atoms with Gasteiger partial charge in [-0.15, -0.1) is 22.7 Å². The molecule has 0 aromatic carbocycles. The van der Waals surface area contributed by atoms with Gasteiger partial charge in [0.05, 0.1) is 28.0 Å². The molecule has 2 heterocycles. The van der Waals surface area contributed by atoms with Crippen molar-refractivity contribution in [2.75, 3.05) is 6.61 Å². The normalized spacial score (nSPS) is 17.2. The number of ether oxygens (including phenoxy) is 1. The fourth-order valence-corrected chi connectivity index (χ4v) is 4.24. The van der Waals surface area contributed by atoms with E-state index in [2.05, 4.69) is 15.3 Å². The maximum absolute atomic E-state index is 11.9. The fourth-order valence-electron chi connectivity index (χ4n) is 2.47. The highest BCUT2D eigenvalue weighted by atomic mass is 32.1. The third-order valence-corrected chi connectivity index (χ3v) is 5.29. The van der Waals surface area contributed by atoms with Crippen molar-refractivity contribution in [3.05, 3.63) is 31.7 Å². The number of hydrogen-bond donors (Lipinski definition) is 0. The summed E-state index contributed by atoms with van der Waals surface area (Å²) in [6.07, 6.45) is 2.53. The van der Waals surface area contributed by atoms with E-state index in [4.69, 9.17) is 4.74 Å². The van der Waals surface area contributed by atoms with Crippen LogP contribution in [0, 0.1) is 6.92 Å². The van der Waals surface area contributed by atoms with Gasteiger partial charge in [0.25, 0.3) is 0 Å². The Bertz CT molecular complexity index is 633. The monoisotopic (exact) mass is 308 g/mol. The van der Waals surface area contributed by atoms with Crippen molar-refractivity contribution in [3.63, 3.8) is 0 Å². The molecule has 2 aromatic rings. The third-order valence-electron chi connectivity index (χ3n) is 3.33. The van der Waals surface area contributed by atoms with Crippen molar-refractivity contribution in [1.82, 2.24) is 9.97 Å². The molecule has 0 aliphatic heterocycles. The average Bonchev–Trinajstić information content (AvgIpc) is 3.05. The summed E-state index contributed by atoms with van der Waals surface area (Å²) >= 11 is 3.37. The Balaban J connectivity index is 1.77. The van der Waals surface area contributed by atoms with Gasteiger partial charge >= 0.3 is 5.97 Å². The van der Waals surface area contributed by atoms with Crippen LogP contribution < -0.4 is 0 Å². The molecule has 6 heteroatoms. The summed E-state index contributed by atoms with van der Waals surface area (Å²) in [6.45, 7) is 4.28. The Kier molecular flexibility index (Phi) is 3.85. The number of aryl methyl sites for hydroxylation is 2. The predicted octanol–water partition coefficient (Wildman–Crippen LogP) is 3.09. The molecule has 0 amide bonds. The summed E-state index contributed by atoms with van der Waals surface area (Å²) in [5.41, 5.74) is 2.00. The van der Waals surface area contributed by atoms with Gasteiger partial charge in [0.1, 0.15) is 5.92 Å². The molecule has 1 aliphatic rings. The second kappa shape index (κ2) is 5.61. The number of rotatable bonds is 4. The SMILES string of the molecule is CCOC(=O)C1CCc2sc(Cc3csc(C)n3)nc21. The molecule has 0 saturated heterocycles. The Morgan fingerprint density at radius 1 is 1.50 bits per heavy atom. The van der Waals surface area contributed by atoms with Gasteiger partial charge in [-0.25, -0.2) is 9.97 Å². The molecule has 1 unspecified atom stereocenters. The molecular formula is C14H16N2O2S2. The first-order chi connectivity index (χ1) is 9.67. The zero-order valence-corrected chi connectivity index (χ0v) is 13.1. The Morgan fingerprint density at radius 3 is 3.05 bits per heavy atom. The van der Waals surface area contributed by atoms with Crippen molar-refractivity contribution < 1.29 is 9.53 Å². The lowest BCUT2D eigenvalue weighted by atomic mass is 10.1. The van der Waals surface area contributed by atoms with Crippen LogP contribution in [0.5, 0.6) is 0 Å². The predicted molar refractivity (Wildman–Crippen MR) is 79.5 cm³/mol. The van der Waals surface area contributed by atoms with E-state index in [-0.39, 0.29) is 11.9 Å². The van der Waals surface area contributed by atoms with Crippen LogP contribution >= 0.6 is 22.7 Å². The van der Waals surface area contributed by atoms with Gasteiger partial charge in [-0.2, -0.15) is 0 Å². The van der Waals surface area contributed by atoms with Crippen LogP contribution in [0.2, 0.25) is 0 Å². The minimum Gasteiger partial charge on any atom is -0.465 e. The number of fused-ring (bicyclic) bond motifs is 1. The number of esters is 1. The van der Waals surface area contributed by atoms with Crippen molar-refractivity contribution in [1.29, 1.82) is 0 Å². The zero-order valence-electron chi connectivity index (χ0n) is 11.5. The van der Waals surface area contributed by atoms with Crippen LogP contribution in [-0.4, -0.2) is 22.5 Å². The first-order valence-corrected chi connectivity index (χ1v) is 8.43. The van der Waals surface area contributed by atoms with E-state index < -0.39 is 0 Å². The molecule has 1 aliphatic carbocycles. The number of carbonyl (C=O) groups is 1. The minimum absolute atomic E-state index is 0.132. The minimum atomic E-state index is -0.160. The van der Waals surface area contributed by atoms with E-state index in [1.165, 1.54) is 4.88 Å². The van der Waals surface area contributed by atoms with Crippen molar-refractivity contribution in [3.8, 4) is 0 Å². The highest BCUT2D eigenvalue weighted by Crippen LogP contribution is 2.37. The van der Waals surface area contributed by atoms with E-state index >= 15 is 0 Å². The standard InChI is InChI=1S/C14H16N2O2S2/c1-3-18-14(17)10-4-5-11-13(10)16-12(20-11)6-9-7-19-8(2)15-9/h7,10H,3-6H2,1-2H3. The second-order valence-corrected chi connectivity index (χ2v) is 7.02. The van der Waals surface area contributed by atoms with Gasteiger partial charge in [-0.05, 0) is 26.7 Å². The van der Waals surface area contributed by atoms with Gasteiger partial charge in [0, 0.05) is 16.7 Å². The van der Waals surface area contributed by atoms with E-state index in [1.807, 2.05) is 13.8 Å². The molecule has 0 fully saturated rings. The number of hydrogen-bond acceptors (Lipinski definition) is 6. The molecule has 0 saturated carbocycles. The highest BCUT2D eigenvalue weighted by Gasteiger charge is 2.33. The quantitative estimate of drug-likeness (QED) is 0.815. The lowest BCUT2D eigenvalue weighted by molar-refractivity contribution is -0.145. The Morgan fingerprint density at radius 2 is 2.35 bits per heavy atom. The molecule has 4 nitrogen and oxygen atoms in total. The van der Waals surface area contributed by atoms with Crippen LogP contribution in [0.3, 0.4) is 0 Å². The Labute approximate surface area is 125 Å². The van der Waals surface area contributed by atoms with Gasteiger partial charge < -0.3 is 4.74 Å². The van der Waals surface area contributed by atoms with Crippen molar-refractivity contribution in [2.45, 2.75) is 39.0 Å². The molecule has 3 rings (SSSR count). The maximum Gasteiger partial charge on any atom is 0.315 e. The van der Waals surface area contributed by atoms with E-state index in [9.17, 15) is 4.79 Å². The first-order valence-electron chi connectivity index (χ1n) is 6.73. The number of carbonyl (C=O) groups excluding carboxylic acids is 1. The van der Waals surface area contributed by atoms with Crippen LogP contribution in [0.1, 0.15) is 45.5 Å². The van der Waals surface area contributed by atoms with E-state index in [1.54, 1.807) is 22.7 Å². The van der Waals surface area contributed by atoms with E-state index in [0.29, 0.717) is 6.61 Å². The van der Waals surface area contributed by atoms with Gasteiger partial charge in [-0.3, -0.25) is 4.79 Å². The summed E-state index contributed by atoms with van der Waals surface area (Å²) in [4.78, 5) is 22.3. The van der Waals surface area contributed by atoms with Gasteiger partial charge in [0.15, 0.2) is 0 Å². The number of aromatic nitrogens is 2. The molecular weight excluding hydrogens is 292 g/mol. The molecule has 0 radical (unpaired) electrons. The zero-order chi connectivity index (χ0) is 14.1. The maximum atomic E-state index is 11.9. The van der Waals surface area contributed by atoms with Crippen molar-refractivity contribution >= 4 is 28.6 Å². The lowest BCUT2D eigenvalue weighted by Gasteiger charge is -2.07. The van der Waals surface area contributed by atoms with Gasteiger partial charge in [-0.1, -0.05) is 0 Å². The van der Waals surface area contributed by atoms with Crippen LogP contribution in [0.15, 0.2) is 5.38 Å². The number of nitrogens with zero attached hydrogens (tertiary/aromatic N) is 2. The summed E-state index contributed by atoms with van der Waals surface area (Å²) in [7, 11) is 0. The summed E-state index contributed by atoms with van der Waals surface area (Å²) in [5.74, 6) is -0.292. The van der Waals surface area contributed by atoms with Gasteiger partial charge in [0.2, 0.25) is 0 Å².